The summed E-state index contributed by atoms with van der Waals surface area (Å²) in [4.78, 5) is 0. The van der Waals surface area contributed by atoms with Gasteiger partial charge in [0, 0.05) is 6.61 Å². The van der Waals surface area contributed by atoms with Crippen LogP contribution in [0.25, 0.3) is 0 Å². The molecule has 24 valence electrons. The second-order valence-electron chi connectivity index (χ2n) is 0.316. The van der Waals surface area contributed by atoms with Gasteiger partial charge in [0.05, 0.1) is 0 Å². The first-order valence-corrected chi connectivity index (χ1v) is 1.02. The molecule has 2 heteroatoms. The summed E-state index contributed by atoms with van der Waals surface area (Å²) in [5.74, 6) is 0. The highest BCUT2D eigenvalue weighted by molar-refractivity contribution is 5.75. The molecule has 0 aromatic heterocycles. The monoisotopic (exact) mass is 57.1 g/mol. The van der Waals surface area contributed by atoms with Crippen LogP contribution in [0.4, 0.5) is 0 Å². The lowest BCUT2D eigenvalue weighted by molar-refractivity contribution is 0.318. The molecular weight excluding hydrogens is 50.8 g/mol. The molecule has 0 aliphatic rings. The van der Waals surface area contributed by atoms with E-state index >= 15 is 0 Å². The zero-order valence-corrected chi connectivity index (χ0v) is 2.73. The van der Waals surface area contributed by atoms with Gasteiger partial charge in [0.15, 0.2) is 0 Å². The molecule has 0 bridgehead atoms. The van der Waals surface area contributed by atoms with Crippen molar-refractivity contribution in [3.05, 3.63) is 0 Å². The minimum absolute atomic E-state index is 0. The number of hydrogen-bond acceptors (Lipinski definition) is 1. The van der Waals surface area contributed by atoms with Gasteiger partial charge in [-0.2, -0.15) is 0 Å². The Hall–Kier alpha value is 0.0249. The minimum atomic E-state index is 0. The van der Waals surface area contributed by atoms with Gasteiger partial charge in [0.1, 0.15) is 0 Å². The summed E-state index contributed by atoms with van der Waals surface area (Å²) in [6.45, 7) is 1.93. The Morgan fingerprint density at radius 2 is 1.75 bits per heavy atom. The van der Waals surface area contributed by atoms with E-state index in [-0.39, 0.29) is 15.0 Å². The fourth-order valence-electron chi connectivity index (χ4n) is 0. The zero-order chi connectivity index (χ0) is 2.71. The van der Waals surface area contributed by atoms with E-state index in [1.807, 2.05) is 0 Å². The largest absolute Gasteiger partial charge is 1.00 e. The Kier molecular flexibility index (Phi) is 26.5. The van der Waals surface area contributed by atoms with Crippen molar-refractivity contribution >= 4 is 8.41 Å². The first-order valence-electron chi connectivity index (χ1n) is 1.02. The van der Waals surface area contributed by atoms with Crippen LogP contribution in [0.3, 0.4) is 0 Å². The summed E-state index contributed by atoms with van der Waals surface area (Å²) >= 11 is 0. The van der Waals surface area contributed by atoms with E-state index in [0.717, 1.165) is 0 Å². The molecule has 1 N–H and O–H groups in total. The van der Waals surface area contributed by atoms with Crippen LogP contribution in [0.15, 0.2) is 0 Å². The normalized spacial score (nSPS) is 4.50. The van der Waals surface area contributed by atoms with Crippen LogP contribution in [-0.2, 0) is 0 Å². The van der Waals surface area contributed by atoms with Gasteiger partial charge in [0.25, 0.3) is 0 Å². The quantitative estimate of drug-likeness (QED) is 0.375. The van der Waals surface area contributed by atoms with Gasteiger partial charge in [0.2, 0.25) is 0 Å². The van der Waals surface area contributed by atoms with Gasteiger partial charge in [-0.25, -0.2) is 0 Å². The summed E-state index contributed by atoms with van der Waals surface area (Å²) in [7, 11) is 0. The Morgan fingerprint density at radius 1 is 1.75 bits per heavy atom. The molecule has 0 aliphatic carbocycles. The molecule has 0 heterocycles. The number of rotatable bonds is 0. The molecule has 0 unspecified atom stereocenters. The summed E-state index contributed by atoms with van der Waals surface area (Å²) in [6.07, 6.45) is 0. The van der Waals surface area contributed by atoms with Crippen molar-refractivity contribution < 1.29 is 5.11 Å². The lowest BCUT2D eigenvalue weighted by atomic mass is 10.8. The maximum atomic E-state index is 7.57. The van der Waals surface area contributed by atoms with Crippen LogP contribution in [0.5, 0.6) is 0 Å². The lowest BCUT2D eigenvalue weighted by Gasteiger charge is -1.52. The highest BCUT2D eigenvalue weighted by Crippen LogP contribution is 1.30. The molecule has 0 saturated carbocycles. The van der Waals surface area contributed by atoms with E-state index in [9.17, 15) is 0 Å². The maximum Gasteiger partial charge on any atom is 0.0402 e. The van der Waals surface area contributed by atoms with Gasteiger partial charge < -0.3 is 13.5 Å². The van der Waals surface area contributed by atoms with E-state index in [1.54, 1.807) is 6.92 Å². The molecule has 0 fully saturated rings. The minimum Gasteiger partial charge on any atom is -1.00 e. The third kappa shape index (κ3) is 3420. The van der Waals surface area contributed by atoms with Crippen LogP contribution >= 0.6 is 0 Å². The predicted octanol–water partition coefficient (Wildman–Crippen LogP) is -0.382. The zero-order valence-electron chi connectivity index (χ0n) is 2.73. The van der Waals surface area contributed by atoms with Crippen molar-refractivity contribution in [3.63, 3.8) is 0 Å². The van der Waals surface area contributed by atoms with Crippen molar-refractivity contribution in [1.29, 1.82) is 0 Å². The lowest BCUT2D eigenvalue weighted by Crippen LogP contribution is -1.57. The standard InChI is InChI=1S/C2H6O.B/c1-2-3;/h3H,2H2,1H3;/q;-1. The number of aliphatic hydroxyl groups excluding tert-OH is 1. The van der Waals surface area contributed by atoms with Crippen LogP contribution in [-0.4, -0.2) is 20.1 Å². The highest BCUT2D eigenvalue weighted by atomic mass is 16.2. The van der Waals surface area contributed by atoms with Gasteiger partial charge in [-0.3, -0.25) is 0 Å². The molecule has 1 nitrogen and oxygen atoms in total. The van der Waals surface area contributed by atoms with E-state index in [1.165, 1.54) is 0 Å². The molecule has 0 aromatic rings. The van der Waals surface area contributed by atoms with Gasteiger partial charge >= 0.3 is 0 Å². The molecule has 4 radical (unpaired) electrons. The van der Waals surface area contributed by atoms with E-state index < -0.39 is 0 Å². The fraction of sp³-hybridized carbons (Fsp3) is 1.00. The van der Waals surface area contributed by atoms with Crippen LogP contribution in [0.2, 0.25) is 0 Å². The molecule has 0 amide bonds. The van der Waals surface area contributed by atoms with Crippen molar-refractivity contribution in [2.75, 3.05) is 6.61 Å². The third-order valence-electron chi connectivity index (χ3n) is 0. The molecule has 0 saturated heterocycles. The van der Waals surface area contributed by atoms with Crippen LogP contribution in [0.1, 0.15) is 6.92 Å². The molecule has 4 heavy (non-hydrogen) atoms. The molecular formula is C2H6BO-. The second kappa shape index (κ2) is 11.8. The first kappa shape index (κ1) is 8.98. The summed E-state index contributed by atoms with van der Waals surface area (Å²) in [5, 5.41) is 7.57. The fourth-order valence-corrected chi connectivity index (χ4v) is 0. The van der Waals surface area contributed by atoms with E-state index in [2.05, 4.69) is 0 Å². The van der Waals surface area contributed by atoms with E-state index in [0.29, 0.717) is 0 Å². The summed E-state index contributed by atoms with van der Waals surface area (Å²) in [6, 6.07) is 0. The number of aliphatic hydroxyl groups is 1. The average Bonchev–Trinajstić information content (AvgIpc) is 0.918. The van der Waals surface area contributed by atoms with Crippen molar-refractivity contribution in [1.82, 2.24) is 0 Å². The Balaban J connectivity index is 0. The van der Waals surface area contributed by atoms with E-state index in [4.69, 9.17) is 5.11 Å². The smallest absolute Gasteiger partial charge is 0.0402 e. The SMILES string of the molecule is CCO.[B-]. The van der Waals surface area contributed by atoms with Crippen molar-refractivity contribution in [3.8, 4) is 0 Å². The molecule has 0 aliphatic heterocycles. The maximum absolute atomic E-state index is 7.57. The second-order valence-corrected chi connectivity index (χ2v) is 0.316. The van der Waals surface area contributed by atoms with Gasteiger partial charge in [-0.15, -0.1) is 0 Å². The van der Waals surface area contributed by atoms with Gasteiger partial charge in [-0.05, 0) is 6.92 Å². The Labute approximate surface area is 28.2 Å². The Morgan fingerprint density at radius 3 is 1.75 bits per heavy atom. The highest BCUT2D eigenvalue weighted by Gasteiger charge is 1.34. The van der Waals surface area contributed by atoms with Gasteiger partial charge in [-0.1, -0.05) is 0 Å². The van der Waals surface area contributed by atoms with Crippen LogP contribution < -0.4 is 0 Å². The third-order valence-corrected chi connectivity index (χ3v) is 0. The summed E-state index contributed by atoms with van der Waals surface area (Å²) in [5.41, 5.74) is 0. The van der Waals surface area contributed by atoms with Crippen LogP contribution in [0, 0.1) is 0 Å². The average molecular weight is 56.9 g/mol. The summed E-state index contributed by atoms with van der Waals surface area (Å²) < 4.78 is 0. The molecule has 0 aromatic carbocycles. The van der Waals surface area contributed by atoms with Crippen molar-refractivity contribution in [2.24, 2.45) is 0 Å². The molecule has 0 spiro atoms. The molecule has 0 atom stereocenters. The first-order chi connectivity index (χ1) is 1.41. The van der Waals surface area contributed by atoms with Crippen molar-refractivity contribution in [2.45, 2.75) is 6.92 Å². The predicted molar refractivity (Wildman–Crippen MR) is 18.5 cm³/mol. The number of hydrogen-bond donors (Lipinski definition) is 1. The Bertz CT molecular complexity index is 6.00. The topological polar surface area (TPSA) is 20.2 Å². The molecule has 0 rings (SSSR count).